The Morgan fingerprint density at radius 2 is 2.04 bits per heavy atom. The third kappa shape index (κ3) is 7.55. The molecule has 0 unspecified atom stereocenters. The highest BCUT2D eigenvalue weighted by atomic mass is 35.5. The lowest BCUT2D eigenvalue weighted by molar-refractivity contribution is -0.116. The standard InChI is InChI=1S/C40H49ClN4O5S/c1-27-22-42-44(2)35(27)16-13-32(46)24-51(48)19-6-4-5-9-37(49-3)33-14-10-30(33)23-45-25-40(18-7-8-28-20-31(41)12-15-34(28)40)26-50-38-17-11-29(21-36(38)45)39(47)43-51/h5,9,11-12,15,17,20-22,30,33,37H,4,6-8,10,13-14,16,18-19,23-26H2,1-3H3/b9-5+/t30-,33+,37-,40-,51+/m0/s1. The van der Waals surface area contributed by atoms with Gasteiger partial charge < -0.3 is 14.4 Å². The van der Waals surface area contributed by atoms with Gasteiger partial charge in [-0.2, -0.15) is 9.46 Å². The molecule has 9 nitrogen and oxygen atoms in total. The van der Waals surface area contributed by atoms with Crippen molar-refractivity contribution in [2.45, 2.75) is 76.2 Å². The Kier molecular flexibility index (Phi) is 10.5. The predicted molar refractivity (Wildman–Crippen MR) is 202 cm³/mol. The van der Waals surface area contributed by atoms with Crippen LogP contribution in [0.25, 0.3) is 0 Å². The topological polar surface area (TPSA) is 103 Å². The summed E-state index contributed by atoms with van der Waals surface area (Å²) in [5.41, 5.74) is 5.51. The van der Waals surface area contributed by atoms with Crippen molar-refractivity contribution in [1.29, 1.82) is 0 Å². The van der Waals surface area contributed by atoms with Crippen LogP contribution < -0.4 is 9.64 Å². The Morgan fingerprint density at radius 3 is 2.80 bits per heavy atom. The maximum absolute atomic E-state index is 14.4. The quantitative estimate of drug-likeness (QED) is 0.250. The van der Waals surface area contributed by atoms with Crippen LogP contribution >= 0.6 is 11.6 Å². The van der Waals surface area contributed by atoms with Crippen LogP contribution in [0.4, 0.5) is 5.69 Å². The number of ketones is 1. The summed E-state index contributed by atoms with van der Waals surface area (Å²) in [7, 11) is 0.459. The number of amides is 1. The molecular formula is C40H49ClN4O5S. The number of fused-ring (bicyclic) bond motifs is 4. The molecule has 1 amide bonds. The van der Waals surface area contributed by atoms with Crippen molar-refractivity contribution in [3.05, 3.63) is 87.7 Å². The molecule has 51 heavy (non-hydrogen) atoms. The van der Waals surface area contributed by atoms with Crippen LogP contribution in [0.3, 0.4) is 0 Å². The summed E-state index contributed by atoms with van der Waals surface area (Å²) in [6, 6.07) is 11.7. The van der Waals surface area contributed by atoms with Crippen LogP contribution in [0.1, 0.15) is 77.7 Å². The first-order valence-electron chi connectivity index (χ1n) is 18.3. The average molecular weight is 733 g/mol. The number of ether oxygens (including phenoxy) is 2. The van der Waals surface area contributed by atoms with E-state index in [2.05, 4.69) is 38.6 Å². The van der Waals surface area contributed by atoms with Crippen LogP contribution in [-0.2, 0) is 44.6 Å². The van der Waals surface area contributed by atoms with Gasteiger partial charge in [-0.25, -0.2) is 4.21 Å². The summed E-state index contributed by atoms with van der Waals surface area (Å²) in [6.07, 6.45) is 13.1. The highest BCUT2D eigenvalue weighted by molar-refractivity contribution is 7.94. The van der Waals surface area contributed by atoms with Gasteiger partial charge in [0.2, 0.25) is 0 Å². The van der Waals surface area contributed by atoms with E-state index in [-0.39, 0.29) is 35.2 Å². The molecule has 2 aliphatic heterocycles. The smallest absolute Gasteiger partial charge is 0.285 e. The summed E-state index contributed by atoms with van der Waals surface area (Å²) < 4.78 is 33.3. The van der Waals surface area contributed by atoms with Crippen LogP contribution in [0.15, 0.2) is 59.1 Å². The van der Waals surface area contributed by atoms with Gasteiger partial charge in [-0.1, -0.05) is 29.8 Å². The molecule has 3 aromatic rings. The predicted octanol–water partition coefficient (Wildman–Crippen LogP) is 7.06. The van der Waals surface area contributed by atoms with Gasteiger partial charge in [-0.3, -0.25) is 14.3 Å². The Balaban J connectivity index is 1.24. The number of Topliss-reactive ketones (excluding diaryl/α,β-unsaturated/α-hetero) is 1. The Morgan fingerprint density at radius 1 is 1.18 bits per heavy atom. The molecule has 0 saturated heterocycles. The molecule has 5 atom stereocenters. The SMILES string of the molecule is CO[C@H]1/C=C/CCC[S@@](=O)(CC(=O)CCc2c(C)cnn2C)=NC(=O)c2ccc3c(c2)N(C[C@@H]2CC[C@H]21)C[C@@]1(CCCc2cc(Cl)ccc21)CO3. The first-order chi connectivity index (χ1) is 24.6. The fraction of sp³-hybridized carbons (Fsp3) is 0.525. The fourth-order valence-corrected chi connectivity index (χ4v) is 10.9. The van der Waals surface area contributed by atoms with Gasteiger partial charge in [0.05, 0.1) is 40.1 Å². The van der Waals surface area contributed by atoms with Gasteiger partial charge in [-0.15, -0.1) is 0 Å². The zero-order valence-corrected chi connectivity index (χ0v) is 31.5. The summed E-state index contributed by atoms with van der Waals surface area (Å²) in [6.45, 7) is 4.03. The first-order valence-corrected chi connectivity index (χ1v) is 20.6. The molecule has 1 fully saturated rings. The van der Waals surface area contributed by atoms with Crippen LogP contribution in [0, 0.1) is 18.8 Å². The van der Waals surface area contributed by atoms with E-state index in [9.17, 15) is 13.8 Å². The number of methoxy groups -OCH3 is 1. The van der Waals surface area contributed by atoms with Gasteiger partial charge in [0.15, 0.2) is 0 Å². The van der Waals surface area contributed by atoms with Gasteiger partial charge in [-0.05, 0) is 117 Å². The number of carbonyl (C=O) groups excluding carboxylic acids is 2. The van der Waals surface area contributed by atoms with Crippen molar-refractivity contribution in [2.75, 3.05) is 43.2 Å². The third-order valence-corrected chi connectivity index (χ3v) is 14.0. The number of allylic oxidation sites excluding steroid dienone is 1. The monoisotopic (exact) mass is 732 g/mol. The van der Waals surface area contributed by atoms with Crippen molar-refractivity contribution in [3.63, 3.8) is 0 Å². The van der Waals surface area contributed by atoms with E-state index < -0.39 is 15.6 Å². The second kappa shape index (κ2) is 14.9. The van der Waals surface area contributed by atoms with Gasteiger partial charge >= 0.3 is 0 Å². The largest absolute Gasteiger partial charge is 0.490 e. The molecular weight excluding hydrogens is 684 g/mol. The summed E-state index contributed by atoms with van der Waals surface area (Å²) in [5, 5.41) is 5.02. The summed E-state index contributed by atoms with van der Waals surface area (Å²) >= 11 is 6.46. The highest BCUT2D eigenvalue weighted by Crippen LogP contribution is 2.47. The molecule has 272 valence electrons. The number of carbonyl (C=O) groups is 2. The zero-order valence-electron chi connectivity index (χ0n) is 29.9. The van der Waals surface area contributed by atoms with Crippen LogP contribution in [-0.4, -0.2) is 70.1 Å². The number of hydrogen-bond acceptors (Lipinski definition) is 7. The van der Waals surface area contributed by atoms with Crippen molar-refractivity contribution in [3.8, 4) is 5.75 Å². The van der Waals surface area contributed by atoms with E-state index in [0.29, 0.717) is 43.3 Å². The third-order valence-electron chi connectivity index (χ3n) is 11.6. The van der Waals surface area contributed by atoms with E-state index in [1.807, 2.05) is 32.2 Å². The first kappa shape index (κ1) is 35.9. The highest BCUT2D eigenvalue weighted by Gasteiger charge is 2.44. The molecule has 1 aromatic heterocycles. The second-order valence-electron chi connectivity index (χ2n) is 15.0. The number of aromatic nitrogens is 2. The molecule has 0 N–H and O–H groups in total. The Hall–Kier alpha value is -3.47. The number of halogens is 1. The van der Waals surface area contributed by atoms with Gasteiger partial charge in [0, 0.05) is 61.1 Å². The molecule has 2 bridgehead atoms. The molecule has 2 aliphatic carbocycles. The fourth-order valence-electron chi connectivity index (χ4n) is 8.70. The van der Waals surface area contributed by atoms with Crippen molar-refractivity contribution in [2.24, 2.45) is 23.2 Å². The molecule has 1 spiro atoms. The lowest BCUT2D eigenvalue weighted by atomic mass is 9.68. The minimum absolute atomic E-state index is 0.0233. The van der Waals surface area contributed by atoms with E-state index >= 15 is 0 Å². The maximum Gasteiger partial charge on any atom is 0.285 e. The molecule has 2 aromatic carbocycles. The number of anilines is 1. The molecule has 7 rings (SSSR count). The molecule has 3 heterocycles. The Bertz CT molecular complexity index is 1950. The number of benzene rings is 2. The normalized spacial score (nSPS) is 28.4. The summed E-state index contributed by atoms with van der Waals surface area (Å²) in [4.78, 5) is 29.7. The number of aryl methyl sites for hydroxylation is 3. The van der Waals surface area contributed by atoms with E-state index in [1.165, 1.54) is 11.1 Å². The lowest BCUT2D eigenvalue weighted by Crippen LogP contribution is -2.49. The van der Waals surface area contributed by atoms with E-state index in [4.69, 9.17) is 21.1 Å². The van der Waals surface area contributed by atoms with Gasteiger partial charge in [0.1, 0.15) is 11.5 Å². The summed E-state index contributed by atoms with van der Waals surface area (Å²) in [5.74, 6) is 0.686. The van der Waals surface area contributed by atoms with E-state index in [1.54, 1.807) is 24.1 Å². The van der Waals surface area contributed by atoms with Crippen LogP contribution in [0.2, 0.25) is 5.02 Å². The molecule has 11 heteroatoms. The van der Waals surface area contributed by atoms with Crippen molar-refractivity contribution < 1.29 is 23.3 Å². The number of rotatable bonds is 6. The van der Waals surface area contributed by atoms with E-state index in [0.717, 1.165) is 72.9 Å². The number of nitrogens with zero attached hydrogens (tertiary/aromatic N) is 4. The van der Waals surface area contributed by atoms with Gasteiger partial charge in [0.25, 0.3) is 5.91 Å². The maximum atomic E-state index is 14.4. The van der Waals surface area contributed by atoms with Crippen molar-refractivity contribution >= 4 is 38.7 Å². The van der Waals surface area contributed by atoms with Crippen molar-refractivity contribution in [1.82, 2.24) is 9.78 Å². The second-order valence-corrected chi connectivity index (χ2v) is 17.9. The molecule has 1 saturated carbocycles. The lowest BCUT2D eigenvalue weighted by Gasteiger charge is -2.46. The Labute approximate surface area is 306 Å². The molecule has 4 aliphatic rings. The average Bonchev–Trinajstić information content (AvgIpc) is 3.33. The minimum atomic E-state index is -3.17. The zero-order chi connectivity index (χ0) is 35.8. The minimum Gasteiger partial charge on any atom is -0.490 e. The van der Waals surface area contributed by atoms with Crippen LogP contribution in [0.5, 0.6) is 5.75 Å². The molecule has 0 radical (unpaired) electrons. The number of hydrogen-bond donors (Lipinski definition) is 0.